The topological polar surface area (TPSA) is 84.5 Å². The zero-order valence-electron chi connectivity index (χ0n) is 18.2. The van der Waals surface area contributed by atoms with E-state index in [1.54, 1.807) is 12.5 Å². The highest BCUT2D eigenvalue weighted by atomic mass is 32.2. The summed E-state index contributed by atoms with van der Waals surface area (Å²) in [5.74, 6) is -17.4. The van der Waals surface area contributed by atoms with Crippen LogP contribution in [0.4, 0.5) is 30.7 Å². The van der Waals surface area contributed by atoms with Gasteiger partial charge in [-0.3, -0.25) is 9.59 Å². The van der Waals surface area contributed by atoms with Crippen LogP contribution in [-0.4, -0.2) is 78.5 Å². The predicted octanol–water partition coefficient (Wildman–Crippen LogP) is 3.64. The van der Waals surface area contributed by atoms with Crippen molar-refractivity contribution in [1.82, 2.24) is 10.6 Å². The number of halogens is 7. The van der Waals surface area contributed by atoms with Crippen molar-refractivity contribution in [2.24, 2.45) is 0 Å². The zero-order chi connectivity index (χ0) is 25.9. The van der Waals surface area contributed by atoms with E-state index in [-0.39, 0.29) is 25.2 Å². The van der Waals surface area contributed by atoms with Gasteiger partial charge in [0.1, 0.15) is 12.1 Å². The van der Waals surface area contributed by atoms with Crippen LogP contribution >= 0.6 is 23.5 Å². The van der Waals surface area contributed by atoms with Crippen LogP contribution in [0.1, 0.15) is 32.6 Å². The van der Waals surface area contributed by atoms with Crippen LogP contribution in [0.5, 0.6) is 0 Å². The Hall–Kier alpha value is -1.38. The average Bonchev–Trinajstić information content (AvgIpc) is 2.72. The van der Waals surface area contributed by atoms with E-state index in [2.05, 4.69) is 5.32 Å². The lowest BCUT2D eigenvalue weighted by molar-refractivity contribution is -0.344. The van der Waals surface area contributed by atoms with Gasteiger partial charge >= 0.3 is 24.0 Å². The quantitative estimate of drug-likeness (QED) is 0.190. The van der Waals surface area contributed by atoms with E-state index in [4.69, 9.17) is 4.74 Å². The fourth-order valence-corrected chi connectivity index (χ4v) is 3.19. The first-order valence-electron chi connectivity index (χ1n) is 9.75. The normalized spacial score (nSPS) is 14.4. The van der Waals surface area contributed by atoms with Crippen LogP contribution in [0.3, 0.4) is 0 Å². The van der Waals surface area contributed by atoms with Crippen molar-refractivity contribution in [2.75, 3.05) is 30.6 Å². The van der Waals surface area contributed by atoms with Gasteiger partial charge in [0, 0.05) is 0 Å². The highest BCUT2D eigenvalue weighted by Gasteiger charge is 2.76. The maximum Gasteiger partial charge on any atom is 0.460 e. The molecular formula is C18H27F7N2O4S2. The van der Waals surface area contributed by atoms with Crippen molar-refractivity contribution in [3.63, 3.8) is 0 Å². The number of esters is 1. The number of unbranched alkanes of at least 4 members (excludes halogenated alkanes) is 1. The summed E-state index contributed by atoms with van der Waals surface area (Å²) in [6.07, 6.45) is -2.47. The molecule has 0 aromatic rings. The summed E-state index contributed by atoms with van der Waals surface area (Å²) in [6.45, 7) is 1.91. The van der Waals surface area contributed by atoms with E-state index in [9.17, 15) is 45.1 Å². The number of alkyl halides is 7. The van der Waals surface area contributed by atoms with Crippen molar-refractivity contribution in [1.29, 1.82) is 0 Å². The number of ether oxygens (including phenoxy) is 1. The standard InChI is InChI=1S/C18H27F7N2O4S2/c1-4-5-8-31-14(29)12(7-10-33-3)26-13(28)11(6-9-32-2)27-15(30)16(19,20)17(21,22)18(23,24)25/h11-12H,4-10H2,1-3H3,(H,26,28)(H,27,30). The molecule has 33 heavy (non-hydrogen) atoms. The van der Waals surface area contributed by atoms with Gasteiger partial charge in [-0.2, -0.15) is 54.3 Å². The molecular weight excluding hydrogens is 505 g/mol. The molecule has 0 aromatic carbocycles. The van der Waals surface area contributed by atoms with E-state index in [0.29, 0.717) is 18.6 Å². The fraction of sp³-hybridized carbons (Fsp3) is 0.833. The van der Waals surface area contributed by atoms with Crippen molar-refractivity contribution >= 4 is 41.3 Å². The van der Waals surface area contributed by atoms with Crippen LogP contribution in [-0.2, 0) is 19.1 Å². The number of amides is 2. The smallest absolute Gasteiger partial charge is 0.460 e. The molecule has 194 valence electrons. The van der Waals surface area contributed by atoms with Gasteiger partial charge in [-0.05, 0) is 43.3 Å². The Balaban J connectivity index is 5.56. The number of rotatable bonds is 15. The Morgan fingerprint density at radius 3 is 1.85 bits per heavy atom. The SMILES string of the molecule is CCCCOC(=O)C(CCSC)NC(=O)C(CCSC)NC(=O)C(F)(F)C(F)(F)C(F)(F)F. The summed E-state index contributed by atoms with van der Waals surface area (Å²) < 4.78 is 95.7. The summed E-state index contributed by atoms with van der Waals surface area (Å²) in [4.78, 5) is 36.5. The van der Waals surface area contributed by atoms with Gasteiger partial charge in [0.15, 0.2) is 0 Å². The minimum Gasteiger partial charge on any atom is -0.464 e. The molecule has 2 atom stereocenters. The molecule has 0 aliphatic carbocycles. The molecule has 0 heterocycles. The fourth-order valence-electron chi connectivity index (χ4n) is 2.25. The maximum absolute atomic E-state index is 13.7. The first kappa shape index (κ1) is 31.6. The molecule has 0 spiro atoms. The van der Waals surface area contributed by atoms with E-state index in [1.165, 1.54) is 17.1 Å². The highest BCUT2D eigenvalue weighted by Crippen LogP contribution is 2.46. The molecule has 6 nitrogen and oxygen atoms in total. The van der Waals surface area contributed by atoms with Crippen molar-refractivity contribution in [3.8, 4) is 0 Å². The van der Waals surface area contributed by atoms with Gasteiger partial charge in [-0.15, -0.1) is 0 Å². The number of carbonyl (C=O) groups excluding carboxylic acids is 3. The largest absolute Gasteiger partial charge is 0.464 e. The number of hydrogen-bond donors (Lipinski definition) is 2. The third-order valence-electron chi connectivity index (χ3n) is 4.22. The van der Waals surface area contributed by atoms with Gasteiger partial charge in [0.05, 0.1) is 6.61 Å². The Morgan fingerprint density at radius 2 is 1.39 bits per heavy atom. The third kappa shape index (κ3) is 9.41. The number of carbonyl (C=O) groups is 3. The number of nitrogens with one attached hydrogen (secondary N) is 2. The lowest BCUT2D eigenvalue weighted by atomic mass is 10.1. The summed E-state index contributed by atoms with van der Waals surface area (Å²) in [6, 6.07) is -3.12. The van der Waals surface area contributed by atoms with Gasteiger partial charge in [0.2, 0.25) is 5.91 Å². The molecule has 2 amide bonds. The lowest BCUT2D eigenvalue weighted by Crippen LogP contribution is -2.62. The summed E-state index contributed by atoms with van der Waals surface area (Å²) in [5, 5.41) is 3.48. The number of hydrogen-bond acceptors (Lipinski definition) is 6. The molecule has 0 rings (SSSR count). The Labute approximate surface area is 195 Å². The van der Waals surface area contributed by atoms with Gasteiger partial charge in [-0.1, -0.05) is 13.3 Å². The Morgan fingerprint density at radius 1 is 0.879 bits per heavy atom. The van der Waals surface area contributed by atoms with Crippen molar-refractivity contribution < 1.29 is 49.9 Å². The number of thioether (sulfide) groups is 2. The highest BCUT2D eigenvalue weighted by molar-refractivity contribution is 7.98. The monoisotopic (exact) mass is 532 g/mol. The van der Waals surface area contributed by atoms with Gasteiger partial charge < -0.3 is 15.4 Å². The van der Waals surface area contributed by atoms with Gasteiger partial charge in [-0.25, -0.2) is 4.79 Å². The molecule has 0 saturated carbocycles. The second kappa shape index (κ2) is 14.1. The van der Waals surface area contributed by atoms with Crippen LogP contribution in [0.2, 0.25) is 0 Å². The van der Waals surface area contributed by atoms with E-state index in [0.717, 1.165) is 11.8 Å². The Bertz CT molecular complexity index is 652. The lowest BCUT2D eigenvalue weighted by Gasteiger charge is -2.29. The van der Waals surface area contributed by atoms with Gasteiger partial charge in [0.25, 0.3) is 5.91 Å². The summed E-state index contributed by atoms with van der Waals surface area (Å²) in [5.41, 5.74) is 0. The summed E-state index contributed by atoms with van der Waals surface area (Å²) in [7, 11) is 0. The molecule has 0 aliphatic heterocycles. The average molecular weight is 533 g/mol. The first-order chi connectivity index (χ1) is 15.2. The molecule has 2 N–H and O–H groups in total. The summed E-state index contributed by atoms with van der Waals surface area (Å²) >= 11 is 2.43. The molecule has 0 radical (unpaired) electrons. The van der Waals surface area contributed by atoms with Crippen molar-refractivity contribution in [3.05, 3.63) is 0 Å². The molecule has 0 saturated heterocycles. The predicted molar refractivity (Wildman–Crippen MR) is 112 cm³/mol. The van der Waals surface area contributed by atoms with Crippen LogP contribution < -0.4 is 10.6 Å². The third-order valence-corrected chi connectivity index (χ3v) is 5.51. The van der Waals surface area contributed by atoms with Crippen LogP contribution in [0.15, 0.2) is 0 Å². The minimum atomic E-state index is -6.70. The zero-order valence-corrected chi connectivity index (χ0v) is 19.8. The maximum atomic E-state index is 13.7. The second-order valence-electron chi connectivity index (χ2n) is 6.82. The second-order valence-corrected chi connectivity index (χ2v) is 8.79. The molecule has 0 fully saturated rings. The first-order valence-corrected chi connectivity index (χ1v) is 12.5. The van der Waals surface area contributed by atoms with Crippen LogP contribution in [0, 0.1) is 0 Å². The minimum absolute atomic E-state index is 0.0619. The Kier molecular flexibility index (Phi) is 13.5. The molecule has 2 unspecified atom stereocenters. The van der Waals surface area contributed by atoms with Crippen molar-refractivity contribution in [2.45, 2.75) is 62.7 Å². The molecule has 0 aliphatic rings. The van der Waals surface area contributed by atoms with Crippen LogP contribution in [0.25, 0.3) is 0 Å². The molecule has 15 heteroatoms. The van der Waals surface area contributed by atoms with E-state index in [1.807, 2.05) is 6.92 Å². The molecule has 0 bridgehead atoms. The van der Waals surface area contributed by atoms with E-state index >= 15 is 0 Å². The van der Waals surface area contributed by atoms with E-state index < -0.39 is 47.9 Å². The molecule has 0 aromatic heterocycles.